The van der Waals surface area contributed by atoms with Crippen LogP contribution in [0, 0.1) is 0 Å². The Morgan fingerprint density at radius 1 is 1.22 bits per heavy atom. The number of anilines is 1. The number of hydrogen-bond acceptors (Lipinski definition) is 3. The van der Waals surface area contributed by atoms with Crippen molar-refractivity contribution in [3.63, 3.8) is 0 Å². The summed E-state index contributed by atoms with van der Waals surface area (Å²) in [7, 11) is 0. The third kappa shape index (κ3) is 2.85. The maximum atomic E-state index is 9.60. The topological polar surface area (TPSA) is 35.5 Å². The Labute approximate surface area is 110 Å². The lowest BCUT2D eigenvalue weighted by Crippen LogP contribution is -2.43. The minimum atomic E-state index is 0.114. The number of aliphatic hydroxyl groups excluding tert-OH is 1. The Balaban J connectivity index is 2.30. The predicted octanol–water partition coefficient (Wildman–Crippen LogP) is 1.89. The van der Waals surface area contributed by atoms with Crippen LogP contribution in [0.1, 0.15) is 31.9 Å². The molecule has 2 N–H and O–H groups in total. The second-order valence-electron chi connectivity index (χ2n) is 5.99. The van der Waals surface area contributed by atoms with E-state index in [1.807, 2.05) is 0 Å². The van der Waals surface area contributed by atoms with Crippen LogP contribution in [0.4, 0.5) is 5.69 Å². The van der Waals surface area contributed by atoms with Gasteiger partial charge in [-0.2, -0.15) is 0 Å². The third-order valence-electron chi connectivity index (χ3n) is 3.57. The Kier molecular flexibility index (Phi) is 3.93. The summed E-state index contributed by atoms with van der Waals surface area (Å²) in [5.74, 6) is 0. The van der Waals surface area contributed by atoms with Crippen molar-refractivity contribution in [1.29, 1.82) is 0 Å². The minimum absolute atomic E-state index is 0.114. The van der Waals surface area contributed by atoms with Gasteiger partial charge in [0.25, 0.3) is 0 Å². The lowest BCUT2D eigenvalue weighted by molar-refractivity contribution is 0.281. The second-order valence-corrected chi connectivity index (χ2v) is 5.99. The maximum absolute atomic E-state index is 9.60. The van der Waals surface area contributed by atoms with E-state index in [0.717, 1.165) is 31.7 Å². The standard InChI is InChI=1S/C15H24N2O/c1-15(2,3)13-4-5-14(12(10-13)11-18)17-8-6-16-7-9-17/h4-5,10,16,18H,6-9,11H2,1-3H3. The Morgan fingerprint density at radius 3 is 2.44 bits per heavy atom. The molecule has 1 saturated heterocycles. The zero-order valence-electron chi connectivity index (χ0n) is 11.7. The van der Waals surface area contributed by atoms with Crippen LogP contribution in [-0.4, -0.2) is 31.3 Å². The summed E-state index contributed by atoms with van der Waals surface area (Å²) in [6.45, 7) is 10.8. The summed E-state index contributed by atoms with van der Waals surface area (Å²) in [4.78, 5) is 2.36. The van der Waals surface area contributed by atoms with E-state index >= 15 is 0 Å². The van der Waals surface area contributed by atoms with E-state index in [2.05, 4.69) is 49.2 Å². The summed E-state index contributed by atoms with van der Waals surface area (Å²) in [5.41, 5.74) is 3.65. The molecule has 100 valence electrons. The molecule has 1 aromatic rings. The fraction of sp³-hybridized carbons (Fsp3) is 0.600. The summed E-state index contributed by atoms with van der Waals surface area (Å²) < 4.78 is 0. The predicted molar refractivity (Wildman–Crippen MR) is 76.1 cm³/mol. The molecule has 1 heterocycles. The van der Waals surface area contributed by atoms with Gasteiger partial charge < -0.3 is 15.3 Å². The van der Waals surface area contributed by atoms with Gasteiger partial charge in [-0.3, -0.25) is 0 Å². The van der Waals surface area contributed by atoms with Gasteiger partial charge in [-0.1, -0.05) is 32.9 Å². The van der Waals surface area contributed by atoms with E-state index < -0.39 is 0 Å². The van der Waals surface area contributed by atoms with Crippen LogP contribution in [0.3, 0.4) is 0 Å². The van der Waals surface area contributed by atoms with E-state index in [1.165, 1.54) is 11.3 Å². The Morgan fingerprint density at radius 2 is 1.89 bits per heavy atom. The van der Waals surface area contributed by atoms with Gasteiger partial charge >= 0.3 is 0 Å². The van der Waals surface area contributed by atoms with Crippen LogP contribution >= 0.6 is 0 Å². The van der Waals surface area contributed by atoms with Gasteiger partial charge in [0.2, 0.25) is 0 Å². The van der Waals surface area contributed by atoms with Crippen molar-refractivity contribution in [2.75, 3.05) is 31.1 Å². The lowest BCUT2D eigenvalue weighted by atomic mass is 9.86. The highest BCUT2D eigenvalue weighted by molar-refractivity contribution is 5.56. The number of aliphatic hydroxyl groups is 1. The van der Waals surface area contributed by atoms with Crippen molar-refractivity contribution in [2.24, 2.45) is 0 Å². The first-order valence-corrected chi connectivity index (χ1v) is 6.72. The molecule has 0 radical (unpaired) electrons. The maximum Gasteiger partial charge on any atom is 0.0702 e. The zero-order chi connectivity index (χ0) is 13.2. The largest absolute Gasteiger partial charge is 0.392 e. The molecule has 0 aliphatic carbocycles. The molecule has 1 fully saturated rings. The molecule has 0 unspecified atom stereocenters. The van der Waals surface area contributed by atoms with E-state index in [9.17, 15) is 5.11 Å². The van der Waals surface area contributed by atoms with Crippen molar-refractivity contribution in [3.8, 4) is 0 Å². The zero-order valence-corrected chi connectivity index (χ0v) is 11.7. The van der Waals surface area contributed by atoms with Crippen molar-refractivity contribution in [2.45, 2.75) is 32.8 Å². The molecule has 0 aromatic heterocycles. The number of nitrogens with zero attached hydrogens (tertiary/aromatic N) is 1. The fourth-order valence-corrected chi connectivity index (χ4v) is 2.39. The Bertz CT molecular complexity index is 403. The minimum Gasteiger partial charge on any atom is -0.392 e. The van der Waals surface area contributed by atoms with Gasteiger partial charge in [0.1, 0.15) is 0 Å². The van der Waals surface area contributed by atoms with Gasteiger partial charge in [0.05, 0.1) is 6.61 Å². The molecule has 3 heteroatoms. The lowest BCUT2D eigenvalue weighted by Gasteiger charge is -2.32. The second kappa shape index (κ2) is 5.29. The number of hydrogen-bond donors (Lipinski definition) is 2. The molecule has 0 bridgehead atoms. The van der Waals surface area contributed by atoms with E-state index in [-0.39, 0.29) is 12.0 Å². The van der Waals surface area contributed by atoms with E-state index in [0.29, 0.717) is 0 Å². The molecule has 3 nitrogen and oxygen atoms in total. The SMILES string of the molecule is CC(C)(C)c1ccc(N2CCNCC2)c(CO)c1. The summed E-state index contributed by atoms with van der Waals surface area (Å²) >= 11 is 0. The van der Waals surface area contributed by atoms with Gasteiger partial charge in [-0.15, -0.1) is 0 Å². The smallest absolute Gasteiger partial charge is 0.0702 e. The van der Waals surface area contributed by atoms with Gasteiger partial charge in [0, 0.05) is 37.4 Å². The molecule has 1 aliphatic rings. The average Bonchev–Trinajstić information content (AvgIpc) is 2.38. The van der Waals surface area contributed by atoms with Crippen LogP contribution in [0.15, 0.2) is 18.2 Å². The molecule has 1 aromatic carbocycles. The monoisotopic (exact) mass is 248 g/mol. The summed E-state index contributed by atoms with van der Waals surface area (Å²) in [6, 6.07) is 6.51. The van der Waals surface area contributed by atoms with Crippen molar-refractivity contribution < 1.29 is 5.11 Å². The highest BCUT2D eigenvalue weighted by Crippen LogP contribution is 2.29. The molecular weight excluding hydrogens is 224 g/mol. The number of nitrogens with one attached hydrogen (secondary N) is 1. The molecule has 0 saturated carbocycles. The molecule has 0 amide bonds. The van der Waals surface area contributed by atoms with Gasteiger partial charge in [-0.05, 0) is 17.0 Å². The molecule has 1 aliphatic heterocycles. The first-order chi connectivity index (χ1) is 8.52. The number of rotatable bonds is 2. The first-order valence-electron chi connectivity index (χ1n) is 6.72. The average molecular weight is 248 g/mol. The molecule has 2 rings (SSSR count). The van der Waals surface area contributed by atoms with Crippen molar-refractivity contribution in [3.05, 3.63) is 29.3 Å². The first kappa shape index (κ1) is 13.4. The van der Waals surface area contributed by atoms with Crippen LogP contribution in [0.2, 0.25) is 0 Å². The van der Waals surface area contributed by atoms with E-state index in [4.69, 9.17) is 0 Å². The van der Waals surface area contributed by atoms with E-state index in [1.54, 1.807) is 0 Å². The van der Waals surface area contributed by atoms with Crippen LogP contribution in [0.5, 0.6) is 0 Å². The number of benzene rings is 1. The molecule has 0 atom stereocenters. The highest BCUT2D eigenvalue weighted by atomic mass is 16.3. The Hall–Kier alpha value is -1.06. The highest BCUT2D eigenvalue weighted by Gasteiger charge is 2.18. The number of piperazine rings is 1. The normalized spacial score (nSPS) is 17.0. The third-order valence-corrected chi connectivity index (χ3v) is 3.57. The molecular formula is C15H24N2O. The van der Waals surface area contributed by atoms with Crippen molar-refractivity contribution >= 4 is 5.69 Å². The van der Waals surface area contributed by atoms with Gasteiger partial charge in [0.15, 0.2) is 0 Å². The van der Waals surface area contributed by atoms with Gasteiger partial charge in [-0.25, -0.2) is 0 Å². The summed E-state index contributed by atoms with van der Waals surface area (Å²) in [5, 5.41) is 13.0. The quantitative estimate of drug-likeness (QED) is 0.839. The van der Waals surface area contributed by atoms with Crippen molar-refractivity contribution in [1.82, 2.24) is 5.32 Å². The molecule has 0 spiro atoms. The van der Waals surface area contributed by atoms with Crippen LogP contribution in [-0.2, 0) is 12.0 Å². The molecule has 18 heavy (non-hydrogen) atoms. The van der Waals surface area contributed by atoms with Crippen LogP contribution < -0.4 is 10.2 Å². The summed E-state index contributed by atoms with van der Waals surface area (Å²) in [6.07, 6.45) is 0. The van der Waals surface area contributed by atoms with Crippen LogP contribution in [0.25, 0.3) is 0 Å². The fourth-order valence-electron chi connectivity index (χ4n) is 2.39.